The minimum Gasteiger partial charge on any atom is -0.310 e. The lowest BCUT2D eigenvalue weighted by Gasteiger charge is -2.34. The van der Waals surface area contributed by atoms with Gasteiger partial charge in [0.1, 0.15) is 0 Å². The maximum Gasteiger partial charge on any atom is 0.0705 e. The lowest BCUT2D eigenvalue weighted by molar-refractivity contribution is 0.233. The molecule has 0 amide bonds. The maximum absolute atomic E-state index is 4.46. The molecule has 94 valence electrons. The highest BCUT2D eigenvalue weighted by molar-refractivity contribution is 5.79. The van der Waals surface area contributed by atoms with Crippen molar-refractivity contribution in [3.8, 4) is 0 Å². The summed E-state index contributed by atoms with van der Waals surface area (Å²) in [5.41, 5.74) is 2.50. The first-order chi connectivity index (χ1) is 8.88. The van der Waals surface area contributed by atoms with Gasteiger partial charge in [-0.05, 0) is 43.0 Å². The van der Waals surface area contributed by atoms with Gasteiger partial charge in [0, 0.05) is 17.6 Å². The van der Waals surface area contributed by atoms with Gasteiger partial charge in [-0.25, -0.2) is 0 Å². The monoisotopic (exact) mass is 240 g/mol. The first-order valence-electron chi connectivity index (χ1n) is 6.96. The summed E-state index contributed by atoms with van der Waals surface area (Å²) in [4.78, 5) is 4.46. The summed E-state index contributed by atoms with van der Waals surface area (Å²) in [7, 11) is 0. The highest BCUT2D eigenvalue weighted by atomic mass is 14.9. The predicted molar refractivity (Wildman–Crippen MR) is 75.5 cm³/mol. The number of nitrogens with one attached hydrogen (secondary N) is 1. The van der Waals surface area contributed by atoms with Crippen LogP contribution in [0.5, 0.6) is 0 Å². The van der Waals surface area contributed by atoms with Gasteiger partial charge in [0.15, 0.2) is 0 Å². The summed E-state index contributed by atoms with van der Waals surface area (Å²) in [6.45, 7) is 3.21. The Balaban J connectivity index is 1.95. The van der Waals surface area contributed by atoms with Crippen molar-refractivity contribution < 1.29 is 0 Å². The zero-order chi connectivity index (χ0) is 12.4. The molecule has 1 heterocycles. The van der Waals surface area contributed by atoms with Crippen LogP contribution in [0.2, 0.25) is 0 Å². The van der Waals surface area contributed by atoms with Crippen LogP contribution in [0.15, 0.2) is 36.5 Å². The molecule has 0 saturated heterocycles. The summed E-state index contributed by atoms with van der Waals surface area (Å²) in [5.74, 6) is 0.811. The van der Waals surface area contributed by atoms with Gasteiger partial charge in [-0.2, -0.15) is 0 Å². The summed E-state index contributed by atoms with van der Waals surface area (Å²) in [6.07, 6.45) is 5.98. The number of hydrogen-bond acceptors (Lipinski definition) is 2. The van der Waals surface area contributed by atoms with Crippen LogP contribution in [0.1, 0.15) is 37.8 Å². The van der Waals surface area contributed by atoms with Gasteiger partial charge >= 0.3 is 0 Å². The Labute approximate surface area is 108 Å². The fourth-order valence-electron chi connectivity index (χ4n) is 2.83. The van der Waals surface area contributed by atoms with E-state index in [9.17, 15) is 0 Å². The van der Waals surface area contributed by atoms with E-state index in [-0.39, 0.29) is 0 Å². The molecule has 2 nitrogen and oxygen atoms in total. The highest BCUT2D eigenvalue weighted by Gasteiger charge is 2.27. The van der Waals surface area contributed by atoms with Crippen molar-refractivity contribution in [3.63, 3.8) is 0 Å². The average molecular weight is 240 g/mol. The average Bonchev–Trinajstić information content (AvgIpc) is 2.35. The number of hydrogen-bond donors (Lipinski definition) is 1. The molecule has 1 aliphatic carbocycles. The molecule has 0 aliphatic heterocycles. The Hall–Kier alpha value is -1.41. The number of aromatic nitrogens is 1. The van der Waals surface area contributed by atoms with Crippen LogP contribution in [0.4, 0.5) is 0 Å². The van der Waals surface area contributed by atoms with Gasteiger partial charge in [-0.15, -0.1) is 0 Å². The number of benzene rings is 1. The largest absolute Gasteiger partial charge is 0.310 e. The SMILES string of the molecule is CCNC(c1ccc2cccnc2c1)C1CCC1. The first-order valence-corrected chi connectivity index (χ1v) is 6.96. The Morgan fingerprint density at radius 1 is 1.33 bits per heavy atom. The second kappa shape index (κ2) is 5.07. The van der Waals surface area contributed by atoms with Crippen molar-refractivity contribution in [1.82, 2.24) is 10.3 Å². The Morgan fingerprint density at radius 2 is 2.22 bits per heavy atom. The zero-order valence-corrected chi connectivity index (χ0v) is 10.9. The van der Waals surface area contributed by atoms with E-state index in [4.69, 9.17) is 0 Å². The third kappa shape index (κ3) is 2.13. The number of rotatable bonds is 4. The fourth-order valence-corrected chi connectivity index (χ4v) is 2.83. The fraction of sp³-hybridized carbons (Fsp3) is 0.438. The molecule has 2 heteroatoms. The van der Waals surface area contributed by atoms with Gasteiger partial charge in [-0.1, -0.05) is 31.5 Å². The summed E-state index contributed by atoms with van der Waals surface area (Å²) < 4.78 is 0. The molecule has 3 rings (SSSR count). The lowest BCUT2D eigenvalue weighted by Crippen LogP contribution is -2.32. The smallest absolute Gasteiger partial charge is 0.0705 e. The molecule has 1 aliphatic rings. The van der Waals surface area contributed by atoms with E-state index in [1.807, 2.05) is 12.3 Å². The normalized spacial score (nSPS) is 17.6. The van der Waals surface area contributed by atoms with Crippen LogP contribution < -0.4 is 5.32 Å². The highest BCUT2D eigenvalue weighted by Crippen LogP contribution is 2.38. The quantitative estimate of drug-likeness (QED) is 0.881. The van der Waals surface area contributed by atoms with Crippen LogP contribution in [0, 0.1) is 5.92 Å². The van der Waals surface area contributed by atoms with Crippen molar-refractivity contribution in [3.05, 3.63) is 42.1 Å². The van der Waals surface area contributed by atoms with E-state index in [2.05, 4.69) is 41.5 Å². The number of nitrogens with zero attached hydrogens (tertiary/aromatic N) is 1. The molecule has 0 radical (unpaired) electrons. The van der Waals surface area contributed by atoms with Gasteiger partial charge in [0.25, 0.3) is 0 Å². The molecular weight excluding hydrogens is 220 g/mol. The molecule has 18 heavy (non-hydrogen) atoms. The van der Waals surface area contributed by atoms with Crippen LogP contribution in [0.25, 0.3) is 10.9 Å². The second-order valence-electron chi connectivity index (χ2n) is 5.18. The molecule has 1 aromatic carbocycles. The topological polar surface area (TPSA) is 24.9 Å². The van der Waals surface area contributed by atoms with Crippen molar-refractivity contribution >= 4 is 10.9 Å². The van der Waals surface area contributed by atoms with Crippen LogP contribution >= 0.6 is 0 Å². The van der Waals surface area contributed by atoms with E-state index < -0.39 is 0 Å². The number of pyridine rings is 1. The lowest BCUT2D eigenvalue weighted by atomic mass is 9.77. The standard InChI is InChI=1S/C16H20N2/c1-2-17-16(13-5-3-6-13)14-9-8-12-7-4-10-18-15(12)11-14/h4,7-11,13,16-17H,2-3,5-6H2,1H3. The van der Waals surface area contributed by atoms with Crippen LogP contribution in [-0.4, -0.2) is 11.5 Å². The van der Waals surface area contributed by atoms with Crippen LogP contribution in [-0.2, 0) is 0 Å². The Morgan fingerprint density at radius 3 is 2.94 bits per heavy atom. The summed E-state index contributed by atoms with van der Waals surface area (Å²) >= 11 is 0. The van der Waals surface area contributed by atoms with Crippen molar-refractivity contribution in [2.75, 3.05) is 6.54 Å². The van der Waals surface area contributed by atoms with Crippen molar-refractivity contribution in [1.29, 1.82) is 0 Å². The molecule has 1 saturated carbocycles. The molecule has 0 bridgehead atoms. The molecule has 1 atom stereocenters. The molecule has 2 aromatic rings. The number of fused-ring (bicyclic) bond motifs is 1. The predicted octanol–water partition coefficient (Wildman–Crippen LogP) is 3.69. The summed E-state index contributed by atoms with van der Waals surface area (Å²) in [5, 5.41) is 4.86. The van der Waals surface area contributed by atoms with Crippen molar-refractivity contribution in [2.45, 2.75) is 32.2 Å². The molecule has 1 aromatic heterocycles. The minimum atomic E-state index is 0.509. The van der Waals surface area contributed by atoms with E-state index >= 15 is 0 Å². The van der Waals surface area contributed by atoms with E-state index in [0.717, 1.165) is 18.0 Å². The molecular formula is C16H20N2. The van der Waals surface area contributed by atoms with Gasteiger partial charge < -0.3 is 5.32 Å². The zero-order valence-electron chi connectivity index (χ0n) is 10.9. The third-order valence-corrected chi connectivity index (χ3v) is 4.03. The van der Waals surface area contributed by atoms with Crippen molar-refractivity contribution in [2.24, 2.45) is 5.92 Å². The second-order valence-corrected chi connectivity index (χ2v) is 5.18. The van der Waals surface area contributed by atoms with Gasteiger partial charge in [0.05, 0.1) is 5.52 Å². The van der Waals surface area contributed by atoms with E-state index in [1.165, 1.54) is 30.2 Å². The van der Waals surface area contributed by atoms with E-state index in [1.54, 1.807) is 0 Å². The molecule has 0 spiro atoms. The third-order valence-electron chi connectivity index (χ3n) is 4.03. The van der Waals surface area contributed by atoms with Gasteiger partial charge in [-0.3, -0.25) is 4.98 Å². The Kier molecular flexibility index (Phi) is 3.28. The first kappa shape index (κ1) is 11.7. The molecule has 1 N–H and O–H groups in total. The van der Waals surface area contributed by atoms with E-state index in [0.29, 0.717) is 6.04 Å². The summed E-state index contributed by atoms with van der Waals surface area (Å²) in [6, 6.07) is 11.3. The Bertz CT molecular complexity index is 531. The molecule has 1 fully saturated rings. The van der Waals surface area contributed by atoms with Gasteiger partial charge in [0.2, 0.25) is 0 Å². The maximum atomic E-state index is 4.46. The minimum absolute atomic E-state index is 0.509. The van der Waals surface area contributed by atoms with Crippen LogP contribution in [0.3, 0.4) is 0 Å². The molecule has 1 unspecified atom stereocenters.